The maximum atomic E-state index is 4.52. The first-order valence-corrected chi connectivity index (χ1v) is 7.24. The van der Waals surface area contributed by atoms with E-state index in [1.54, 1.807) is 0 Å². The van der Waals surface area contributed by atoms with Crippen molar-refractivity contribution >= 4 is 11.8 Å². The lowest BCUT2D eigenvalue weighted by molar-refractivity contribution is 0.402. The van der Waals surface area contributed by atoms with Gasteiger partial charge in [0.25, 0.3) is 0 Å². The van der Waals surface area contributed by atoms with E-state index in [0.717, 1.165) is 6.54 Å². The Morgan fingerprint density at radius 2 is 2.31 bits per heavy atom. The van der Waals surface area contributed by atoms with Gasteiger partial charge < -0.3 is 5.32 Å². The second-order valence-electron chi connectivity index (χ2n) is 4.50. The highest BCUT2D eigenvalue weighted by atomic mass is 32.2. The lowest BCUT2D eigenvalue weighted by atomic mass is 10.1. The van der Waals surface area contributed by atoms with Gasteiger partial charge in [0.15, 0.2) is 0 Å². The second kappa shape index (κ2) is 5.73. The second-order valence-corrected chi connectivity index (χ2v) is 5.73. The number of nitrogens with zero attached hydrogens (tertiary/aromatic N) is 2. The van der Waals surface area contributed by atoms with Crippen molar-refractivity contribution in [2.75, 3.05) is 25.1 Å². The van der Waals surface area contributed by atoms with Gasteiger partial charge in [0.05, 0.1) is 6.04 Å². The van der Waals surface area contributed by atoms with Crippen LogP contribution < -0.4 is 5.32 Å². The van der Waals surface area contributed by atoms with Crippen LogP contribution in [0, 0.1) is 0 Å². The summed E-state index contributed by atoms with van der Waals surface area (Å²) < 4.78 is 2.27. The molecule has 0 amide bonds. The Kier molecular flexibility index (Phi) is 4.29. The van der Waals surface area contributed by atoms with Gasteiger partial charge in [-0.3, -0.25) is 4.68 Å². The van der Waals surface area contributed by atoms with Crippen molar-refractivity contribution in [1.29, 1.82) is 0 Å². The summed E-state index contributed by atoms with van der Waals surface area (Å²) in [6.45, 7) is 3.29. The number of thioether (sulfide) groups is 1. The fraction of sp³-hybridized carbons (Fsp3) is 0.750. The molecule has 1 atom stereocenters. The minimum absolute atomic E-state index is 0.544. The number of rotatable bonds is 4. The third kappa shape index (κ3) is 2.61. The zero-order valence-corrected chi connectivity index (χ0v) is 11.0. The maximum absolute atomic E-state index is 4.52. The molecule has 0 aliphatic carbocycles. The van der Waals surface area contributed by atoms with Gasteiger partial charge in [0, 0.05) is 24.4 Å². The van der Waals surface area contributed by atoms with E-state index >= 15 is 0 Å². The standard InChI is InChI=1S/C12H21N3S/c1-10(9-13-2)12-3-6-14-15(12)11-4-7-16-8-5-11/h3,6,10-11,13H,4-5,7-9H2,1-2H3. The third-order valence-electron chi connectivity index (χ3n) is 3.25. The topological polar surface area (TPSA) is 29.9 Å². The van der Waals surface area contributed by atoms with Crippen molar-refractivity contribution in [3.8, 4) is 0 Å². The molecule has 1 aromatic heterocycles. The first-order valence-electron chi connectivity index (χ1n) is 6.08. The monoisotopic (exact) mass is 239 g/mol. The summed E-state index contributed by atoms with van der Waals surface area (Å²) in [7, 11) is 2.01. The maximum Gasteiger partial charge on any atom is 0.0538 e. The van der Waals surface area contributed by atoms with E-state index in [4.69, 9.17) is 0 Å². The van der Waals surface area contributed by atoms with Crippen LogP contribution in [0.1, 0.15) is 37.4 Å². The Morgan fingerprint density at radius 3 is 3.00 bits per heavy atom. The van der Waals surface area contributed by atoms with Crippen LogP contribution in [0.5, 0.6) is 0 Å². The Labute approximate surface area is 102 Å². The smallest absolute Gasteiger partial charge is 0.0538 e. The number of nitrogens with one attached hydrogen (secondary N) is 1. The van der Waals surface area contributed by atoms with Gasteiger partial charge in [-0.1, -0.05) is 6.92 Å². The molecule has 1 aliphatic rings. The molecule has 1 aromatic rings. The van der Waals surface area contributed by atoms with E-state index in [1.165, 1.54) is 30.0 Å². The van der Waals surface area contributed by atoms with E-state index in [0.29, 0.717) is 12.0 Å². The summed E-state index contributed by atoms with van der Waals surface area (Å²) in [5.74, 6) is 3.11. The SMILES string of the molecule is CNCC(C)c1ccnn1C1CCSCC1. The van der Waals surface area contributed by atoms with Gasteiger partial charge in [-0.2, -0.15) is 16.9 Å². The molecule has 16 heavy (non-hydrogen) atoms. The normalized spacial score (nSPS) is 19.9. The molecule has 0 spiro atoms. The zero-order valence-electron chi connectivity index (χ0n) is 10.1. The first kappa shape index (κ1) is 12.0. The molecule has 0 bridgehead atoms. The van der Waals surface area contributed by atoms with Crippen molar-refractivity contribution in [2.24, 2.45) is 0 Å². The molecular weight excluding hydrogens is 218 g/mol. The van der Waals surface area contributed by atoms with Crippen LogP contribution in [0.2, 0.25) is 0 Å². The van der Waals surface area contributed by atoms with Gasteiger partial charge in [0.1, 0.15) is 0 Å². The first-order chi connectivity index (χ1) is 7.83. The van der Waals surface area contributed by atoms with E-state index in [9.17, 15) is 0 Å². The number of hydrogen-bond acceptors (Lipinski definition) is 3. The zero-order chi connectivity index (χ0) is 11.4. The summed E-state index contributed by atoms with van der Waals surface area (Å²) in [6.07, 6.45) is 4.49. The van der Waals surface area contributed by atoms with Crippen LogP contribution >= 0.6 is 11.8 Å². The van der Waals surface area contributed by atoms with Gasteiger partial charge in [-0.25, -0.2) is 0 Å². The molecule has 1 unspecified atom stereocenters. The Hall–Kier alpha value is -0.480. The molecule has 1 saturated heterocycles. The minimum Gasteiger partial charge on any atom is -0.319 e. The highest BCUT2D eigenvalue weighted by Gasteiger charge is 2.20. The largest absolute Gasteiger partial charge is 0.319 e. The highest BCUT2D eigenvalue weighted by Crippen LogP contribution is 2.29. The fourth-order valence-corrected chi connectivity index (χ4v) is 3.44. The van der Waals surface area contributed by atoms with Crippen molar-refractivity contribution in [2.45, 2.75) is 31.7 Å². The predicted molar refractivity (Wildman–Crippen MR) is 70.2 cm³/mol. The molecule has 0 aromatic carbocycles. The molecule has 90 valence electrons. The van der Waals surface area contributed by atoms with Crippen LogP contribution in [-0.4, -0.2) is 34.9 Å². The predicted octanol–water partition coefficient (Wildman–Crippen LogP) is 2.27. The molecule has 0 saturated carbocycles. The molecule has 4 heteroatoms. The van der Waals surface area contributed by atoms with Crippen molar-refractivity contribution in [1.82, 2.24) is 15.1 Å². The summed E-state index contributed by atoms with van der Waals surface area (Å²) in [4.78, 5) is 0. The fourth-order valence-electron chi connectivity index (χ4n) is 2.36. The lowest BCUT2D eigenvalue weighted by Crippen LogP contribution is -2.22. The van der Waals surface area contributed by atoms with Crippen LogP contribution in [0.4, 0.5) is 0 Å². The van der Waals surface area contributed by atoms with E-state index in [2.05, 4.69) is 39.8 Å². The Bertz CT molecular complexity index is 318. The van der Waals surface area contributed by atoms with Gasteiger partial charge >= 0.3 is 0 Å². The Morgan fingerprint density at radius 1 is 1.56 bits per heavy atom. The summed E-state index contributed by atoms with van der Waals surface area (Å²) >= 11 is 2.07. The summed E-state index contributed by atoms with van der Waals surface area (Å²) in [5.41, 5.74) is 1.38. The molecular formula is C12H21N3S. The van der Waals surface area contributed by atoms with Crippen LogP contribution in [-0.2, 0) is 0 Å². The van der Waals surface area contributed by atoms with Crippen LogP contribution in [0.3, 0.4) is 0 Å². The molecule has 2 rings (SSSR count). The molecule has 2 heterocycles. The van der Waals surface area contributed by atoms with Crippen LogP contribution in [0.25, 0.3) is 0 Å². The van der Waals surface area contributed by atoms with E-state index in [1.807, 2.05) is 13.2 Å². The van der Waals surface area contributed by atoms with Gasteiger partial charge in [-0.15, -0.1) is 0 Å². The summed E-state index contributed by atoms with van der Waals surface area (Å²) in [5, 5.41) is 7.76. The van der Waals surface area contributed by atoms with Crippen molar-refractivity contribution < 1.29 is 0 Å². The highest BCUT2D eigenvalue weighted by molar-refractivity contribution is 7.99. The van der Waals surface area contributed by atoms with Crippen LogP contribution in [0.15, 0.2) is 12.3 Å². The number of aromatic nitrogens is 2. The molecule has 1 fully saturated rings. The number of likely N-dealkylation sites (N-methyl/N-ethyl adjacent to an activating group) is 1. The molecule has 0 radical (unpaired) electrons. The summed E-state index contributed by atoms with van der Waals surface area (Å²) in [6, 6.07) is 2.80. The third-order valence-corrected chi connectivity index (χ3v) is 4.30. The van der Waals surface area contributed by atoms with E-state index in [-0.39, 0.29) is 0 Å². The van der Waals surface area contributed by atoms with Gasteiger partial charge in [-0.05, 0) is 37.5 Å². The average Bonchev–Trinajstić information content (AvgIpc) is 2.79. The molecule has 3 nitrogen and oxygen atoms in total. The quantitative estimate of drug-likeness (QED) is 0.874. The lowest BCUT2D eigenvalue weighted by Gasteiger charge is -2.25. The number of hydrogen-bond donors (Lipinski definition) is 1. The molecule has 1 aliphatic heterocycles. The van der Waals surface area contributed by atoms with E-state index < -0.39 is 0 Å². The van der Waals surface area contributed by atoms with Gasteiger partial charge in [0.2, 0.25) is 0 Å². The minimum atomic E-state index is 0.544. The Balaban J connectivity index is 2.11. The van der Waals surface area contributed by atoms with Crippen molar-refractivity contribution in [3.05, 3.63) is 18.0 Å². The molecule has 1 N–H and O–H groups in total. The average molecular weight is 239 g/mol. The van der Waals surface area contributed by atoms with Crippen molar-refractivity contribution in [3.63, 3.8) is 0 Å².